The molecular formula is C11H12Cl2OS. The molecule has 0 heterocycles. The van der Waals surface area contributed by atoms with Crippen molar-refractivity contribution in [2.24, 2.45) is 0 Å². The van der Waals surface area contributed by atoms with Gasteiger partial charge in [0.25, 0.3) is 0 Å². The second-order valence-electron chi connectivity index (χ2n) is 3.73. The fraction of sp³-hybridized carbons (Fsp3) is 0.455. The van der Waals surface area contributed by atoms with Crippen LogP contribution in [0.4, 0.5) is 0 Å². The molecule has 1 aliphatic rings. The van der Waals surface area contributed by atoms with Crippen molar-refractivity contribution in [3.8, 4) is 0 Å². The Morgan fingerprint density at radius 1 is 1.27 bits per heavy atom. The van der Waals surface area contributed by atoms with Crippen LogP contribution < -0.4 is 0 Å². The molecule has 15 heavy (non-hydrogen) atoms. The fourth-order valence-corrected chi connectivity index (χ4v) is 3.54. The Kier molecular flexibility index (Phi) is 3.83. The number of halogens is 2. The third-order valence-electron chi connectivity index (χ3n) is 2.59. The van der Waals surface area contributed by atoms with Gasteiger partial charge in [0, 0.05) is 15.2 Å². The molecule has 1 fully saturated rings. The summed E-state index contributed by atoms with van der Waals surface area (Å²) >= 11 is 13.6. The summed E-state index contributed by atoms with van der Waals surface area (Å²) in [5.41, 5.74) is 0. The molecule has 0 radical (unpaired) electrons. The third-order valence-corrected chi connectivity index (χ3v) is 4.71. The van der Waals surface area contributed by atoms with Crippen LogP contribution in [0.5, 0.6) is 0 Å². The van der Waals surface area contributed by atoms with Crippen LogP contribution in [-0.2, 0) is 0 Å². The first kappa shape index (κ1) is 11.6. The first-order valence-corrected chi connectivity index (χ1v) is 6.60. The summed E-state index contributed by atoms with van der Waals surface area (Å²) in [6.45, 7) is 0. The second-order valence-corrected chi connectivity index (χ2v) is 5.85. The van der Waals surface area contributed by atoms with E-state index in [1.807, 2.05) is 6.07 Å². The minimum Gasteiger partial charge on any atom is -0.392 e. The maximum Gasteiger partial charge on any atom is 0.0662 e. The van der Waals surface area contributed by atoms with E-state index in [1.54, 1.807) is 23.9 Å². The number of aliphatic hydroxyl groups excluding tert-OH is 1. The Morgan fingerprint density at radius 2 is 2.07 bits per heavy atom. The van der Waals surface area contributed by atoms with E-state index in [0.29, 0.717) is 10.0 Å². The molecular weight excluding hydrogens is 251 g/mol. The van der Waals surface area contributed by atoms with Gasteiger partial charge in [-0.2, -0.15) is 0 Å². The normalized spacial score (nSPS) is 25.8. The Balaban J connectivity index is 2.12. The number of aliphatic hydroxyl groups is 1. The van der Waals surface area contributed by atoms with Crippen molar-refractivity contribution in [2.75, 3.05) is 0 Å². The lowest BCUT2D eigenvalue weighted by Crippen LogP contribution is -2.14. The summed E-state index contributed by atoms with van der Waals surface area (Å²) in [6, 6.07) is 5.44. The Morgan fingerprint density at radius 3 is 2.73 bits per heavy atom. The van der Waals surface area contributed by atoms with E-state index >= 15 is 0 Å². The molecule has 1 aromatic carbocycles. The van der Waals surface area contributed by atoms with Crippen molar-refractivity contribution in [2.45, 2.75) is 35.5 Å². The largest absolute Gasteiger partial charge is 0.392 e. The molecule has 1 aromatic rings. The highest BCUT2D eigenvalue weighted by Gasteiger charge is 2.26. The average Bonchev–Trinajstić information content (AvgIpc) is 2.58. The lowest BCUT2D eigenvalue weighted by Gasteiger charge is -2.14. The van der Waals surface area contributed by atoms with E-state index in [4.69, 9.17) is 23.2 Å². The molecule has 2 atom stereocenters. The van der Waals surface area contributed by atoms with Crippen LogP contribution in [0.3, 0.4) is 0 Å². The maximum atomic E-state index is 9.71. The van der Waals surface area contributed by atoms with Crippen LogP contribution in [0.25, 0.3) is 0 Å². The summed E-state index contributed by atoms with van der Waals surface area (Å²) < 4.78 is 0. The van der Waals surface area contributed by atoms with E-state index in [-0.39, 0.29) is 11.4 Å². The van der Waals surface area contributed by atoms with Gasteiger partial charge in [-0.25, -0.2) is 0 Å². The molecule has 82 valence electrons. The molecule has 2 rings (SSSR count). The highest BCUT2D eigenvalue weighted by molar-refractivity contribution is 8.00. The molecule has 1 N–H and O–H groups in total. The van der Waals surface area contributed by atoms with Gasteiger partial charge in [-0.15, -0.1) is 11.8 Å². The zero-order chi connectivity index (χ0) is 10.8. The molecule has 0 aliphatic heterocycles. The number of thioether (sulfide) groups is 1. The van der Waals surface area contributed by atoms with E-state index in [1.165, 1.54) is 0 Å². The summed E-state index contributed by atoms with van der Waals surface area (Å²) in [5.74, 6) is 0. The molecule has 0 unspecified atom stereocenters. The van der Waals surface area contributed by atoms with Crippen molar-refractivity contribution >= 4 is 35.0 Å². The van der Waals surface area contributed by atoms with Crippen LogP contribution in [0, 0.1) is 0 Å². The van der Waals surface area contributed by atoms with Gasteiger partial charge in [0.1, 0.15) is 0 Å². The predicted molar refractivity (Wildman–Crippen MR) is 66.0 cm³/mol. The van der Waals surface area contributed by atoms with Crippen LogP contribution in [-0.4, -0.2) is 16.5 Å². The monoisotopic (exact) mass is 262 g/mol. The van der Waals surface area contributed by atoms with Crippen LogP contribution in [0.15, 0.2) is 23.1 Å². The molecule has 0 aromatic heterocycles. The van der Waals surface area contributed by atoms with Gasteiger partial charge < -0.3 is 5.11 Å². The van der Waals surface area contributed by atoms with Gasteiger partial charge in [-0.1, -0.05) is 23.2 Å². The van der Waals surface area contributed by atoms with Gasteiger partial charge in [0.05, 0.1) is 11.1 Å². The number of hydrogen-bond acceptors (Lipinski definition) is 2. The minimum absolute atomic E-state index is 0.204. The molecule has 1 aliphatic carbocycles. The van der Waals surface area contributed by atoms with Gasteiger partial charge in [0.2, 0.25) is 0 Å². The predicted octanol–water partition coefficient (Wildman–Crippen LogP) is 4.00. The molecule has 0 saturated heterocycles. The van der Waals surface area contributed by atoms with Gasteiger partial charge >= 0.3 is 0 Å². The van der Waals surface area contributed by atoms with Gasteiger partial charge in [0.15, 0.2) is 0 Å². The zero-order valence-corrected chi connectivity index (χ0v) is 10.4. The van der Waals surface area contributed by atoms with Gasteiger partial charge in [-0.3, -0.25) is 0 Å². The van der Waals surface area contributed by atoms with Crippen molar-refractivity contribution in [1.29, 1.82) is 0 Å². The Bertz CT molecular complexity index is 356. The van der Waals surface area contributed by atoms with Crippen LogP contribution in [0.1, 0.15) is 19.3 Å². The first-order chi connectivity index (χ1) is 7.16. The summed E-state index contributed by atoms with van der Waals surface area (Å²) in [4.78, 5) is 0.968. The molecule has 0 amide bonds. The first-order valence-electron chi connectivity index (χ1n) is 4.96. The third kappa shape index (κ3) is 2.82. The van der Waals surface area contributed by atoms with E-state index in [2.05, 4.69) is 0 Å². The standard InChI is InChI=1S/C11H12Cl2OS/c12-7-4-5-8(13)11(6-7)15-10-3-1-2-9(10)14/h4-6,9-10,14H,1-3H2/t9-,10-/m1/s1. The smallest absolute Gasteiger partial charge is 0.0662 e. The highest BCUT2D eigenvalue weighted by atomic mass is 35.5. The van der Waals surface area contributed by atoms with Gasteiger partial charge in [-0.05, 0) is 37.5 Å². The number of rotatable bonds is 2. The lowest BCUT2D eigenvalue weighted by atomic mass is 10.3. The lowest BCUT2D eigenvalue weighted by molar-refractivity contribution is 0.188. The molecule has 0 spiro atoms. The van der Waals surface area contributed by atoms with Crippen LogP contribution >= 0.6 is 35.0 Å². The van der Waals surface area contributed by atoms with Crippen molar-refractivity contribution in [3.63, 3.8) is 0 Å². The summed E-state index contributed by atoms with van der Waals surface area (Å²) in [5, 5.41) is 11.4. The maximum absolute atomic E-state index is 9.71. The van der Waals surface area contributed by atoms with E-state index in [9.17, 15) is 5.11 Å². The van der Waals surface area contributed by atoms with Crippen molar-refractivity contribution in [3.05, 3.63) is 28.2 Å². The second kappa shape index (κ2) is 4.96. The molecule has 1 saturated carbocycles. The average molecular weight is 263 g/mol. The SMILES string of the molecule is O[C@@H]1CCC[C@H]1Sc1cc(Cl)ccc1Cl. The quantitative estimate of drug-likeness (QED) is 0.870. The Hall–Kier alpha value is 0.110. The minimum atomic E-state index is -0.204. The highest BCUT2D eigenvalue weighted by Crippen LogP contribution is 2.39. The molecule has 0 bridgehead atoms. The zero-order valence-electron chi connectivity index (χ0n) is 8.12. The van der Waals surface area contributed by atoms with Crippen molar-refractivity contribution in [1.82, 2.24) is 0 Å². The fourth-order valence-electron chi connectivity index (χ4n) is 1.77. The number of hydrogen-bond donors (Lipinski definition) is 1. The summed E-state index contributed by atoms with van der Waals surface area (Å²) in [6.07, 6.45) is 2.84. The van der Waals surface area contributed by atoms with E-state index in [0.717, 1.165) is 24.2 Å². The Labute approximate surface area is 104 Å². The van der Waals surface area contributed by atoms with E-state index < -0.39 is 0 Å². The summed E-state index contributed by atoms with van der Waals surface area (Å²) in [7, 11) is 0. The van der Waals surface area contributed by atoms with Crippen LogP contribution in [0.2, 0.25) is 10.0 Å². The molecule has 1 nitrogen and oxygen atoms in total. The number of benzene rings is 1. The molecule has 4 heteroatoms. The topological polar surface area (TPSA) is 20.2 Å². The van der Waals surface area contributed by atoms with Crippen molar-refractivity contribution < 1.29 is 5.11 Å².